The molecule has 3 aromatic heterocycles. The Labute approximate surface area is 409 Å². The van der Waals surface area contributed by atoms with Crippen molar-refractivity contribution in [3.8, 4) is 28.1 Å². The van der Waals surface area contributed by atoms with Crippen LogP contribution in [0.25, 0.3) is 33.3 Å². The lowest BCUT2D eigenvalue weighted by Gasteiger charge is -2.50. The van der Waals surface area contributed by atoms with Crippen molar-refractivity contribution in [1.82, 2.24) is 44.7 Å². The van der Waals surface area contributed by atoms with E-state index in [0.29, 0.717) is 57.5 Å². The smallest absolute Gasteiger partial charge is 0.329 e. The second kappa shape index (κ2) is 19.2. The first kappa shape index (κ1) is 47.6. The monoisotopic (exact) mass is 954 g/mol. The molecule has 1 aliphatic carbocycles. The first-order valence-electron chi connectivity index (χ1n) is 25.3. The minimum atomic E-state index is -1.04. The van der Waals surface area contributed by atoms with Crippen molar-refractivity contribution in [2.45, 2.75) is 128 Å². The van der Waals surface area contributed by atoms with Gasteiger partial charge in [-0.15, -0.1) is 0 Å². The van der Waals surface area contributed by atoms with Gasteiger partial charge in [0.2, 0.25) is 5.91 Å². The number of cyclic esters (lactones) is 1. The number of amides is 3. The molecule has 4 fully saturated rings. The number of hydrazine groups is 1. The maximum atomic E-state index is 15.1. The van der Waals surface area contributed by atoms with Gasteiger partial charge >= 0.3 is 12.0 Å². The van der Waals surface area contributed by atoms with Gasteiger partial charge < -0.3 is 29.4 Å². The third-order valence-corrected chi connectivity index (χ3v) is 15.9. The summed E-state index contributed by atoms with van der Waals surface area (Å²) < 4.78 is 15.8. The molecule has 4 aliphatic heterocycles. The normalized spacial score (nSPS) is 24.1. The number of nitrogens with one attached hydrogen (secondary N) is 2. The van der Waals surface area contributed by atoms with E-state index < -0.39 is 29.5 Å². The molecule has 7 heterocycles. The van der Waals surface area contributed by atoms with E-state index in [1.165, 1.54) is 15.9 Å². The number of pyridine rings is 1. The summed E-state index contributed by atoms with van der Waals surface area (Å²) in [6.45, 7) is 11.4. The lowest BCUT2D eigenvalue weighted by Crippen LogP contribution is -2.65. The van der Waals surface area contributed by atoms with Crippen LogP contribution in [0.15, 0.2) is 73.4 Å². The quantitative estimate of drug-likeness (QED) is 0.136. The topological polar surface area (TPSA) is 176 Å². The predicted molar refractivity (Wildman–Crippen MR) is 264 cm³/mol. The number of aromatic hydroxyl groups is 1. The van der Waals surface area contributed by atoms with Gasteiger partial charge in [-0.05, 0) is 123 Å². The summed E-state index contributed by atoms with van der Waals surface area (Å²) in [5, 5.41) is 17.2. The maximum Gasteiger partial charge on any atom is 0.329 e. The van der Waals surface area contributed by atoms with Crippen molar-refractivity contribution in [2.75, 3.05) is 39.9 Å². The summed E-state index contributed by atoms with van der Waals surface area (Å²) >= 11 is 0. The number of benzene rings is 2. The number of rotatable bonds is 8. The Kier molecular flexibility index (Phi) is 13.1. The predicted octanol–water partition coefficient (Wildman–Crippen LogP) is 7.03. The van der Waals surface area contributed by atoms with Crippen LogP contribution >= 0.6 is 0 Å². The Morgan fingerprint density at radius 2 is 1.81 bits per heavy atom. The van der Waals surface area contributed by atoms with Gasteiger partial charge in [0.15, 0.2) is 0 Å². The van der Waals surface area contributed by atoms with E-state index >= 15 is 4.79 Å². The molecule has 3 amide bonds. The van der Waals surface area contributed by atoms with Gasteiger partial charge in [-0.1, -0.05) is 38.8 Å². The molecule has 3 saturated heterocycles. The minimum Gasteiger partial charge on any atom is -0.508 e. The lowest BCUT2D eigenvalue weighted by atomic mass is 9.84. The molecule has 5 aromatic rings. The molecule has 1 saturated carbocycles. The summed E-state index contributed by atoms with van der Waals surface area (Å²) in [6, 6.07) is 13.4. The van der Waals surface area contributed by atoms with Crippen molar-refractivity contribution in [3.63, 3.8) is 0 Å². The number of aromatic nitrogens is 4. The number of phenolic OH excluding ortho intramolecular Hbond substituents is 1. The summed E-state index contributed by atoms with van der Waals surface area (Å²) in [4.78, 5) is 70.8. The van der Waals surface area contributed by atoms with Gasteiger partial charge in [-0.3, -0.25) is 33.8 Å². The zero-order chi connectivity index (χ0) is 48.9. The fraction of sp³-hybridized carbons (Fsp3) is 0.519. The number of imidazole rings is 1. The van der Waals surface area contributed by atoms with E-state index in [9.17, 15) is 19.5 Å². The van der Waals surface area contributed by atoms with E-state index in [1.54, 1.807) is 37.8 Å². The number of carbonyl (C=O) groups excluding carboxylic acids is 4. The van der Waals surface area contributed by atoms with Crippen LogP contribution in [0.5, 0.6) is 5.75 Å². The van der Waals surface area contributed by atoms with Crippen LogP contribution in [0.1, 0.15) is 102 Å². The Morgan fingerprint density at radius 3 is 2.56 bits per heavy atom. The number of methoxy groups -OCH3 is 1. The molecule has 5 aliphatic rings. The van der Waals surface area contributed by atoms with E-state index in [-0.39, 0.29) is 54.2 Å². The van der Waals surface area contributed by atoms with E-state index in [1.807, 2.05) is 24.0 Å². The van der Waals surface area contributed by atoms with Gasteiger partial charge in [-0.2, -0.15) is 0 Å². The SMILES string of the molecule is CCn1c(-c2cccnc2[C@H](C)OC)c2c3cc(ccc31)-c1cc(O)cc(c1)C[C@H](NC(=O)[C@H](C1CCCC1)N1CCC3(CCN3C(=O)n3ccnc3)C1)C(=O)N1CCC[C@H](N1)C(=O)OCC(C)(C)C2. The van der Waals surface area contributed by atoms with Gasteiger partial charge in [0.1, 0.15) is 24.2 Å². The molecule has 16 nitrogen and oxygen atoms in total. The number of carbonyl (C=O) groups is 4. The van der Waals surface area contributed by atoms with Crippen LogP contribution < -0.4 is 10.7 Å². The zero-order valence-corrected chi connectivity index (χ0v) is 41.2. The molecule has 370 valence electrons. The lowest BCUT2D eigenvalue weighted by molar-refractivity contribution is -0.155. The van der Waals surface area contributed by atoms with E-state index in [2.05, 4.69) is 70.2 Å². The Morgan fingerprint density at radius 1 is 1.00 bits per heavy atom. The number of hydrogen-bond donors (Lipinski definition) is 3. The molecule has 1 spiro atoms. The molecule has 16 heteroatoms. The standard InChI is InChI=1S/C54H67N9O7/c1-6-61-45-16-15-37-29-41(45)42(48(61)40-13-9-19-56-46(40)34(2)69-5)30-53(3,4)32-70-51(67)43-14-10-21-63(58-43)50(66)44(27-35-25-38(37)28-39(64)26-35)57-49(65)47(36-11-7-8-12-36)59-22-17-54(31-59)18-23-62(54)52(68)60-24-20-55-33-60/h9,13,15-16,19-20,24-26,28-29,33-34,36,43-44,47,58,64H,6-8,10-12,14,17-18,21-23,27,30-32H2,1-5H3,(H,57,65)/t34-,43-,44-,47-,54?/m0/s1. The van der Waals surface area contributed by atoms with Crippen molar-refractivity contribution >= 4 is 34.7 Å². The summed E-state index contributed by atoms with van der Waals surface area (Å²) in [5.74, 6) is -0.900. The van der Waals surface area contributed by atoms with Gasteiger partial charge in [0.05, 0.1) is 35.7 Å². The number of ether oxygens (including phenoxy) is 2. The van der Waals surface area contributed by atoms with Crippen LogP contribution in [0, 0.1) is 11.3 Å². The minimum absolute atomic E-state index is 0.0432. The van der Waals surface area contributed by atoms with E-state index in [4.69, 9.17) is 14.5 Å². The number of fused-ring (bicyclic) bond motifs is 6. The number of nitrogens with zero attached hydrogens (tertiary/aromatic N) is 7. The first-order valence-corrected chi connectivity index (χ1v) is 25.3. The third-order valence-electron chi connectivity index (χ3n) is 15.9. The van der Waals surface area contributed by atoms with Gasteiger partial charge in [0, 0.05) is 86.7 Å². The van der Waals surface area contributed by atoms with Crippen molar-refractivity contribution in [3.05, 3.63) is 90.3 Å². The second-order valence-corrected chi connectivity index (χ2v) is 21.1. The van der Waals surface area contributed by atoms with Gasteiger partial charge in [-0.25, -0.2) is 15.2 Å². The number of aryl methyl sites for hydroxylation is 1. The molecular weight excluding hydrogens is 887 g/mol. The number of likely N-dealkylation sites (tertiary alicyclic amines) is 2. The zero-order valence-electron chi connectivity index (χ0n) is 41.2. The first-order chi connectivity index (χ1) is 33.8. The molecule has 0 radical (unpaired) electrons. The van der Waals surface area contributed by atoms with E-state index in [0.717, 1.165) is 83.1 Å². The molecule has 10 rings (SSSR count). The third kappa shape index (κ3) is 8.98. The van der Waals surface area contributed by atoms with Crippen LogP contribution in [0.3, 0.4) is 0 Å². The average Bonchev–Trinajstić information content (AvgIpc) is 4.21. The van der Waals surface area contributed by atoms with Crippen LogP contribution in [-0.2, 0) is 43.2 Å². The molecule has 2 aromatic carbocycles. The van der Waals surface area contributed by atoms with Crippen LogP contribution in [0.4, 0.5) is 4.79 Å². The molecule has 6 bridgehead atoms. The number of esters is 1. The summed E-state index contributed by atoms with van der Waals surface area (Å²) in [5.41, 5.74) is 9.58. The molecule has 5 atom stereocenters. The number of phenols is 1. The van der Waals surface area contributed by atoms with Crippen LogP contribution in [-0.4, -0.2) is 126 Å². The van der Waals surface area contributed by atoms with Crippen LogP contribution in [0.2, 0.25) is 0 Å². The highest BCUT2D eigenvalue weighted by atomic mass is 16.5. The highest BCUT2D eigenvalue weighted by molar-refractivity contribution is 5.96. The van der Waals surface area contributed by atoms with Crippen molar-refractivity contribution in [2.24, 2.45) is 11.3 Å². The largest absolute Gasteiger partial charge is 0.508 e. The molecule has 1 unspecified atom stereocenters. The fourth-order valence-electron chi connectivity index (χ4n) is 12.2. The highest BCUT2D eigenvalue weighted by Gasteiger charge is 2.54. The maximum absolute atomic E-state index is 15.1. The average molecular weight is 954 g/mol. The van der Waals surface area contributed by atoms with Crippen molar-refractivity contribution in [1.29, 1.82) is 0 Å². The number of hydrogen-bond acceptors (Lipinski definition) is 11. The van der Waals surface area contributed by atoms with Gasteiger partial charge in [0.25, 0.3) is 5.91 Å². The Balaban J connectivity index is 1.03. The second-order valence-electron chi connectivity index (χ2n) is 21.1. The molecule has 70 heavy (non-hydrogen) atoms. The highest BCUT2D eigenvalue weighted by Crippen LogP contribution is 2.44. The summed E-state index contributed by atoms with van der Waals surface area (Å²) in [7, 11) is 1.69. The molecule has 3 N–H and O–H groups in total. The summed E-state index contributed by atoms with van der Waals surface area (Å²) in [6.07, 6.45) is 13.5. The van der Waals surface area contributed by atoms with Crippen molar-refractivity contribution < 1.29 is 33.8 Å². The fourth-order valence-corrected chi connectivity index (χ4v) is 12.2. The molecular formula is C54H67N9O7. The Hall–Kier alpha value is -6.10. The Bertz CT molecular complexity index is 2780.